The van der Waals surface area contributed by atoms with Crippen molar-refractivity contribution in [1.82, 2.24) is 0 Å². The zero-order chi connectivity index (χ0) is 15.6. The number of nitrogens with two attached hydrogens (primary N) is 1. The molecule has 2 aromatic rings. The lowest BCUT2D eigenvalue weighted by atomic mass is 10.2. The van der Waals surface area contributed by atoms with Crippen molar-refractivity contribution >= 4 is 21.2 Å². The lowest BCUT2D eigenvalue weighted by Crippen LogP contribution is -2.18. The second-order valence-electron chi connectivity index (χ2n) is 4.98. The average molecular weight is 308 g/mol. The van der Waals surface area contributed by atoms with Gasteiger partial charge in [0.25, 0.3) is 0 Å². The predicted octanol–water partition coefficient (Wildman–Crippen LogP) is 2.45. The largest absolute Gasteiger partial charge is 0.397 e. The molecule has 0 unspecified atom stereocenters. The van der Waals surface area contributed by atoms with Gasteiger partial charge < -0.3 is 10.6 Å². The lowest BCUT2D eigenvalue weighted by molar-refractivity contribution is 0.602. The quantitative estimate of drug-likeness (QED) is 0.881. The molecule has 0 atom stereocenters. The van der Waals surface area contributed by atoms with Crippen molar-refractivity contribution in [2.45, 2.75) is 11.4 Å². The number of hydrogen-bond acceptors (Lipinski definition) is 4. The average Bonchev–Trinajstić information content (AvgIpc) is 2.37. The molecular formula is C15H17FN2O2S. The van der Waals surface area contributed by atoms with Crippen LogP contribution in [0.1, 0.15) is 5.56 Å². The van der Waals surface area contributed by atoms with Gasteiger partial charge in [0.1, 0.15) is 5.82 Å². The molecule has 6 heteroatoms. The molecule has 0 bridgehead atoms. The van der Waals surface area contributed by atoms with Crippen molar-refractivity contribution in [3.63, 3.8) is 0 Å². The summed E-state index contributed by atoms with van der Waals surface area (Å²) < 4.78 is 36.1. The van der Waals surface area contributed by atoms with Crippen LogP contribution < -0.4 is 10.6 Å². The van der Waals surface area contributed by atoms with E-state index in [2.05, 4.69) is 0 Å². The van der Waals surface area contributed by atoms with E-state index in [9.17, 15) is 12.8 Å². The Morgan fingerprint density at radius 1 is 1.19 bits per heavy atom. The highest BCUT2D eigenvalue weighted by atomic mass is 32.2. The number of nitrogen functional groups attached to an aromatic ring is 1. The van der Waals surface area contributed by atoms with Crippen molar-refractivity contribution in [3.05, 3.63) is 53.8 Å². The zero-order valence-corrected chi connectivity index (χ0v) is 12.7. The number of halogens is 1. The first kappa shape index (κ1) is 15.3. The highest BCUT2D eigenvalue weighted by Gasteiger charge is 2.12. The van der Waals surface area contributed by atoms with Crippen LogP contribution in [0.4, 0.5) is 15.8 Å². The Balaban J connectivity index is 2.26. The van der Waals surface area contributed by atoms with E-state index in [0.717, 1.165) is 11.8 Å². The van der Waals surface area contributed by atoms with Crippen molar-refractivity contribution in [1.29, 1.82) is 0 Å². The molecule has 2 aromatic carbocycles. The van der Waals surface area contributed by atoms with E-state index in [4.69, 9.17) is 5.73 Å². The number of anilines is 2. The van der Waals surface area contributed by atoms with E-state index in [-0.39, 0.29) is 10.7 Å². The molecule has 2 N–H and O–H groups in total. The molecule has 4 nitrogen and oxygen atoms in total. The van der Waals surface area contributed by atoms with Crippen LogP contribution >= 0.6 is 0 Å². The second kappa shape index (κ2) is 5.73. The highest BCUT2D eigenvalue weighted by molar-refractivity contribution is 7.90. The van der Waals surface area contributed by atoms with Gasteiger partial charge in [-0.2, -0.15) is 0 Å². The molecule has 112 valence electrons. The molecule has 0 aliphatic heterocycles. The Morgan fingerprint density at radius 3 is 2.48 bits per heavy atom. The molecule has 0 heterocycles. The summed E-state index contributed by atoms with van der Waals surface area (Å²) in [4.78, 5) is 2.03. The summed E-state index contributed by atoms with van der Waals surface area (Å²) in [5, 5.41) is 0. The topological polar surface area (TPSA) is 63.4 Å². The molecule has 0 aliphatic rings. The van der Waals surface area contributed by atoms with Crippen molar-refractivity contribution in [3.8, 4) is 0 Å². The number of nitrogens with zero attached hydrogens (tertiary/aromatic N) is 1. The summed E-state index contributed by atoms with van der Waals surface area (Å²) in [7, 11) is -1.46. The third-order valence-electron chi connectivity index (χ3n) is 3.15. The zero-order valence-electron chi connectivity index (χ0n) is 11.9. The van der Waals surface area contributed by atoms with Crippen LogP contribution in [-0.4, -0.2) is 21.7 Å². The maximum absolute atomic E-state index is 13.2. The highest BCUT2D eigenvalue weighted by Crippen LogP contribution is 2.26. The van der Waals surface area contributed by atoms with Crippen LogP contribution in [0.15, 0.2) is 47.4 Å². The van der Waals surface area contributed by atoms with Crippen LogP contribution in [0, 0.1) is 5.82 Å². The summed E-state index contributed by atoms with van der Waals surface area (Å²) >= 11 is 0. The number of hydrogen-bond donors (Lipinski definition) is 1. The van der Waals surface area contributed by atoms with E-state index in [1.165, 1.54) is 24.3 Å². The van der Waals surface area contributed by atoms with Gasteiger partial charge in [0.05, 0.1) is 16.3 Å². The number of benzene rings is 2. The molecule has 0 saturated heterocycles. The summed E-state index contributed by atoms with van der Waals surface area (Å²) in [6.07, 6.45) is 1.14. The summed E-state index contributed by atoms with van der Waals surface area (Å²) in [6.45, 7) is 0.472. The van der Waals surface area contributed by atoms with Crippen LogP contribution in [0.5, 0.6) is 0 Å². The van der Waals surface area contributed by atoms with E-state index >= 15 is 0 Å². The normalized spacial score (nSPS) is 11.4. The maximum Gasteiger partial charge on any atom is 0.175 e. The van der Waals surface area contributed by atoms with E-state index in [1.54, 1.807) is 12.1 Å². The first-order valence-electron chi connectivity index (χ1n) is 6.32. The SMILES string of the molecule is CN(Cc1cccc(F)c1)c1ccc(S(C)(=O)=O)cc1N. The second-order valence-corrected chi connectivity index (χ2v) is 6.99. The van der Waals surface area contributed by atoms with Gasteiger partial charge in [-0.3, -0.25) is 0 Å². The molecule has 21 heavy (non-hydrogen) atoms. The van der Waals surface area contributed by atoms with Gasteiger partial charge in [0, 0.05) is 19.8 Å². The minimum atomic E-state index is -3.28. The van der Waals surface area contributed by atoms with Crippen molar-refractivity contribution in [2.75, 3.05) is 23.9 Å². The number of rotatable bonds is 4. The molecule has 0 saturated carbocycles. The Hall–Kier alpha value is -2.08. The van der Waals surface area contributed by atoms with Gasteiger partial charge in [-0.15, -0.1) is 0 Å². The predicted molar refractivity (Wildman–Crippen MR) is 82.5 cm³/mol. The molecule has 2 rings (SSSR count). The van der Waals surface area contributed by atoms with Crippen LogP contribution in [-0.2, 0) is 16.4 Å². The van der Waals surface area contributed by atoms with Crippen LogP contribution in [0.2, 0.25) is 0 Å². The van der Waals surface area contributed by atoms with Gasteiger partial charge in [-0.05, 0) is 35.9 Å². The smallest absolute Gasteiger partial charge is 0.175 e. The van der Waals surface area contributed by atoms with E-state index in [1.807, 2.05) is 18.0 Å². The van der Waals surface area contributed by atoms with Gasteiger partial charge in [0.2, 0.25) is 0 Å². The van der Waals surface area contributed by atoms with Gasteiger partial charge in [-0.25, -0.2) is 12.8 Å². The first-order valence-corrected chi connectivity index (χ1v) is 8.21. The van der Waals surface area contributed by atoms with Gasteiger partial charge in [-0.1, -0.05) is 12.1 Å². The minimum Gasteiger partial charge on any atom is -0.397 e. The Kier molecular flexibility index (Phi) is 4.18. The molecular weight excluding hydrogens is 291 g/mol. The summed E-state index contributed by atoms with van der Waals surface area (Å²) in [5.41, 5.74) is 7.80. The maximum atomic E-state index is 13.2. The van der Waals surface area contributed by atoms with Gasteiger partial charge >= 0.3 is 0 Å². The third-order valence-corrected chi connectivity index (χ3v) is 4.26. The van der Waals surface area contributed by atoms with E-state index < -0.39 is 9.84 Å². The van der Waals surface area contributed by atoms with Crippen molar-refractivity contribution < 1.29 is 12.8 Å². The lowest BCUT2D eigenvalue weighted by Gasteiger charge is -2.21. The number of sulfone groups is 1. The molecule has 0 radical (unpaired) electrons. The van der Waals surface area contributed by atoms with Crippen LogP contribution in [0.3, 0.4) is 0 Å². The minimum absolute atomic E-state index is 0.183. The first-order chi connectivity index (χ1) is 9.77. The third kappa shape index (κ3) is 3.72. The monoisotopic (exact) mass is 308 g/mol. The Labute approximate surface area is 123 Å². The molecule has 0 amide bonds. The Morgan fingerprint density at radius 2 is 1.90 bits per heavy atom. The fourth-order valence-electron chi connectivity index (χ4n) is 2.11. The Bertz CT molecular complexity index is 760. The summed E-state index contributed by atoms with van der Waals surface area (Å²) in [6, 6.07) is 10.9. The fourth-order valence-corrected chi connectivity index (χ4v) is 2.76. The fraction of sp³-hybridized carbons (Fsp3) is 0.200. The molecule has 0 aromatic heterocycles. The molecule has 0 spiro atoms. The van der Waals surface area contributed by atoms with Crippen molar-refractivity contribution in [2.24, 2.45) is 0 Å². The van der Waals surface area contributed by atoms with Crippen LogP contribution in [0.25, 0.3) is 0 Å². The molecule has 0 aliphatic carbocycles. The molecule has 0 fully saturated rings. The summed E-state index contributed by atoms with van der Waals surface area (Å²) in [5.74, 6) is -0.290. The van der Waals surface area contributed by atoms with Gasteiger partial charge in [0.15, 0.2) is 9.84 Å². The van der Waals surface area contributed by atoms with E-state index in [0.29, 0.717) is 17.9 Å². The standard InChI is InChI=1S/C15H17FN2O2S/c1-18(10-11-4-3-5-12(16)8-11)15-7-6-13(9-14(15)17)21(2,19)20/h3-9H,10,17H2,1-2H3.